The largest absolute Gasteiger partial charge is 0.326 e. The van der Waals surface area contributed by atoms with Crippen molar-refractivity contribution in [2.75, 3.05) is 5.32 Å². The van der Waals surface area contributed by atoms with Crippen LogP contribution < -0.4 is 10.0 Å². The van der Waals surface area contributed by atoms with E-state index >= 15 is 0 Å². The summed E-state index contributed by atoms with van der Waals surface area (Å²) in [6, 6.07) is 14.0. The van der Waals surface area contributed by atoms with Gasteiger partial charge in [0.15, 0.2) is 0 Å². The van der Waals surface area contributed by atoms with Crippen molar-refractivity contribution in [2.24, 2.45) is 0 Å². The number of amides is 1. The van der Waals surface area contributed by atoms with Gasteiger partial charge >= 0.3 is 0 Å². The highest BCUT2D eigenvalue weighted by Crippen LogP contribution is 2.14. The van der Waals surface area contributed by atoms with Crippen LogP contribution in [0.5, 0.6) is 0 Å². The van der Waals surface area contributed by atoms with E-state index in [4.69, 9.17) is 0 Å². The van der Waals surface area contributed by atoms with Crippen molar-refractivity contribution in [1.82, 2.24) is 4.72 Å². The van der Waals surface area contributed by atoms with E-state index in [1.807, 2.05) is 24.3 Å². The maximum atomic E-state index is 12.1. The molecular weight excluding hydrogens is 451 g/mol. The van der Waals surface area contributed by atoms with Crippen molar-refractivity contribution < 1.29 is 13.2 Å². The molecule has 2 aromatic rings. The molecule has 0 saturated carbocycles. The topological polar surface area (TPSA) is 75.3 Å². The number of carbonyl (C=O) groups excluding carboxylic acids is 1. The number of aryl methyl sites for hydroxylation is 1. The first-order valence-corrected chi connectivity index (χ1v) is 10.5. The lowest BCUT2D eigenvalue weighted by molar-refractivity contribution is -0.116. The van der Waals surface area contributed by atoms with Crippen molar-refractivity contribution in [1.29, 1.82) is 0 Å². The third-order valence-electron chi connectivity index (χ3n) is 3.39. The minimum atomic E-state index is -3.48. The van der Waals surface area contributed by atoms with E-state index in [1.54, 1.807) is 38.1 Å². The Labute approximate surface area is 162 Å². The summed E-state index contributed by atoms with van der Waals surface area (Å²) in [5.74, 6) is -0.0700. The van der Waals surface area contributed by atoms with Crippen LogP contribution in [0.15, 0.2) is 53.4 Å². The molecule has 25 heavy (non-hydrogen) atoms. The molecule has 0 aromatic heterocycles. The highest BCUT2D eigenvalue weighted by molar-refractivity contribution is 14.1. The highest BCUT2D eigenvalue weighted by atomic mass is 127. The zero-order valence-corrected chi connectivity index (χ0v) is 17.1. The van der Waals surface area contributed by atoms with Gasteiger partial charge in [-0.2, -0.15) is 0 Å². The average Bonchev–Trinajstić information content (AvgIpc) is 2.54. The standard InChI is InChI=1S/C18H21IN2O3S/c1-13(2)21-25(23,24)17-10-3-14(4-11-17)5-12-18(22)20-16-8-6-15(19)7-9-16/h3-4,6-11,13,21H,5,12H2,1-2H3,(H,20,22). The van der Waals surface area contributed by atoms with E-state index in [1.165, 1.54) is 0 Å². The number of hydrogen-bond acceptors (Lipinski definition) is 3. The van der Waals surface area contributed by atoms with Crippen molar-refractivity contribution in [3.63, 3.8) is 0 Å². The van der Waals surface area contributed by atoms with E-state index in [0.29, 0.717) is 12.8 Å². The fraction of sp³-hybridized carbons (Fsp3) is 0.278. The maximum Gasteiger partial charge on any atom is 0.240 e. The predicted molar refractivity (Wildman–Crippen MR) is 108 cm³/mol. The molecule has 1 amide bonds. The van der Waals surface area contributed by atoms with Crippen molar-refractivity contribution >= 4 is 44.2 Å². The van der Waals surface area contributed by atoms with E-state index in [2.05, 4.69) is 32.6 Å². The van der Waals surface area contributed by atoms with Crippen LogP contribution in [0.1, 0.15) is 25.8 Å². The predicted octanol–water partition coefficient (Wildman–Crippen LogP) is 3.55. The fourth-order valence-corrected chi connectivity index (χ4v) is 3.84. The summed E-state index contributed by atoms with van der Waals surface area (Å²) in [4.78, 5) is 12.2. The first kappa shape index (κ1) is 19.9. The number of rotatable bonds is 7. The summed E-state index contributed by atoms with van der Waals surface area (Å²) < 4.78 is 27.8. The van der Waals surface area contributed by atoms with Crippen LogP contribution in [0.2, 0.25) is 0 Å². The molecule has 0 unspecified atom stereocenters. The molecule has 0 atom stereocenters. The molecular formula is C18H21IN2O3S. The molecule has 0 spiro atoms. The SMILES string of the molecule is CC(C)NS(=O)(=O)c1ccc(CCC(=O)Nc2ccc(I)cc2)cc1. The number of carbonyl (C=O) groups is 1. The van der Waals surface area contributed by atoms with Gasteiger partial charge in [0, 0.05) is 21.7 Å². The molecule has 2 aromatic carbocycles. The summed E-state index contributed by atoms with van der Waals surface area (Å²) in [5, 5.41) is 2.85. The molecule has 5 nitrogen and oxygen atoms in total. The second-order valence-corrected chi connectivity index (χ2v) is 8.93. The lowest BCUT2D eigenvalue weighted by Crippen LogP contribution is -2.30. The van der Waals surface area contributed by atoms with Gasteiger partial charge in [0.2, 0.25) is 15.9 Å². The Morgan fingerprint density at radius 2 is 1.64 bits per heavy atom. The van der Waals surface area contributed by atoms with Crippen LogP contribution >= 0.6 is 22.6 Å². The van der Waals surface area contributed by atoms with E-state index in [-0.39, 0.29) is 16.8 Å². The number of sulfonamides is 1. The third kappa shape index (κ3) is 6.41. The second kappa shape index (κ2) is 8.77. The molecule has 0 fully saturated rings. The quantitative estimate of drug-likeness (QED) is 0.606. The van der Waals surface area contributed by atoms with E-state index < -0.39 is 10.0 Å². The molecule has 0 aliphatic carbocycles. The van der Waals surface area contributed by atoms with E-state index in [9.17, 15) is 13.2 Å². The summed E-state index contributed by atoms with van der Waals surface area (Å²) in [6.07, 6.45) is 0.885. The zero-order valence-electron chi connectivity index (χ0n) is 14.1. The molecule has 7 heteroatoms. The Kier molecular flexibility index (Phi) is 6.97. The Morgan fingerprint density at radius 3 is 2.20 bits per heavy atom. The van der Waals surface area contributed by atoms with Crippen molar-refractivity contribution in [3.05, 3.63) is 57.7 Å². The van der Waals surface area contributed by atoms with Gasteiger partial charge in [-0.05, 0) is 84.8 Å². The van der Waals surface area contributed by atoms with Gasteiger partial charge < -0.3 is 5.32 Å². The van der Waals surface area contributed by atoms with Gasteiger partial charge in [-0.15, -0.1) is 0 Å². The van der Waals surface area contributed by atoms with Crippen molar-refractivity contribution in [3.8, 4) is 0 Å². The smallest absolute Gasteiger partial charge is 0.240 e. The lowest BCUT2D eigenvalue weighted by atomic mass is 10.1. The third-order valence-corrected chi connectivity index (χ3v) is 5.79. The van der Waals surface area contributed by atoms with Gasteiger partial charge in [0.25, 0.3) is 0 Å². The fourth-order valence-electron chi connectivity index (χ4n) is 2.23. The normalized spacial score (nSPS) is 11.5. The summed E-state index contributed by atoms with van der Waals surface area (Å²) >= 11 is 2.21. The van der Waals surface area contributed by atoms with Crippen LogP contribution in [0.3, 0.4) is 0 Å². The average molecular weight is 472 g/mol. The first-order chi connectivity index (χ1) is 11.8. The van der Waals surface area contributed by atoms with Gasteiger partial charge in [-0.3, -0.25) is 4.79 Å². The number of anilines is 1. The number of hydrogen-bond donors (Lipinski definition) is 2. The van der Waals surface area contributed by atoms with Gasteiger partial charge in [0.05, 0.1) is 4.90 Å². The highest BCUT2D eigenvalue weighted by Gasteiger charge is 2.14. The Morgan fingerprint density at radius 1 is 1.04 bits per heavy atom. The summed E-state index contributed by atoms with van der Waals surface area (Å²) in [7, 11) is -3.48. The van der Waals surface area contributed by atoms with Crippen LogP contribution in [-0.4, -0.2) is 20.4 Å². The Bertz CT molecular complexity index is 816. The van der Waals surface area contributed by atoms with Crippen molar-refractivity contribution in [2.45, 2.75) is 37.6 Å². The number of benzene rings is 2. The molecule has 0 aliphatic rings. The van der Waals surface area contributed by atoms with E-state index in [0.717, 1.165) is 14.8 Å². The summed E-state index contributed by atoms with van der Waals surface area (Å²) in [5.41, 5.74) is 1.69. The molecule has 0 heterocycles. The second-order valence-electron chi connectivity index (χ2n) is 5.98. The number of halogens is 1. The summed E-state index contributed by atoms with van der Waals surface area (Å²) in [6.45, 7) is 3.55. The van der Waals surface area contributed by atoms with Crippen LogP contribution in [0.4, 0.5) is 5.69 Å². The molecule has 0 aliphatic heterocycles. The molecule has 2 N–H and O–H groups in total. The van der Waals surface area contributed by atoms with Gasteiger partial charge in [0.1, 0.15) is 0 Å². The first-order valence-electron chi connectivity index (χ1n) is 7.93. The monoisotopic (exact) mass is 472 g/mol. The minimum absolute atomic E-state index is 0.0700. The van der Waals surface area contributed by atoms with Crippen LogP contribution in [-0.2, 0) is 21.2 Å². The van der Waals surface area contributed by atoms with Crippen LogP contribution in [0, 0.1) is 3.57 Å². The minimum Gasteiger partial charge on any atom is -0.326 e. The van der Waals surface area contributed by atoms with Gasteiger partial charge in [-0.25, -0.2) is 13.1 Å². The molecule has 2 rings (SSSR count). The molecule has 134 valence electrons. The molecule has 0 radical (unpaired) electrons. The lowest BCUT2D eigenvalue weighted by Gasteiger charge is -2.10. The van der Waals surface area contributed by atoms with Crippen LogP contribution in [0.25, 0.3) is 0 Å². The number of nitrogens with one attached hydrogen (secondary N) is 2. The Hall–Kier alpha value is -1.45. The Balaban J connectivity index is 1.91. The van der Waals surface area contributed by atoms with Gasteiger partial charge in [-0.1, -0.05) is 12.1 Å². The zero-order chi connectivity index (χ0) is 18.4. The maximum absolute atomic E-state index is 12.1. The molecule has 0 bridgehead atoms. The molecule has 0 saturated heterocycles.